The maximum Gasteiger partial charge on any atom is 0.238 e. The zero-order chi connectivity index (χ0) is 15.5. The highest BCUT2D eigenvalue weighted by Crippen LogP contribution is 2.24. The molecule has 0 aromatic rings. The van der Waals surface area contributed by atoms with Gasteiger partial charge in [0.05, 0.1) is 11.9 Å². The molecule has 2 N–H and O–H groups in total. The highest BCUT2D eigenvalue weighted by molar-refractivity contribution is 7.89. The van der Waals surface area contributed by atoms with Crippen LogP contribution in [0.25, 0.3) is 0 Å². The SMILES string of the molecule is CCCS(=O)(=O)N1CCCC1C(=O)NC1CCC(O)CC1. The third kappa shape index (κ3) is 4.17. The largest absolute Gasteiger partial charge is 0.393 e. The van der Waals surface area contributed by atoms with Gasteiger partial charge in [-0.15, -0.1) is 0 Å². The second-order valence-electron chi connectivity index (χ2n) is 6.10. The second-order valence-corrected chi connectivity index (χ2v) is 8.14. The molecule has 1 saturated carbocycles. The first-order chi connectivity index (χ1) is 9.94. The molecular weight excluding hydrogens is 292 g/mol. The molecular formula is C14H26N2O4S. The predicted octanol–water partition coefficient (Wildman–Crippen LogP) is 0.610. The van der Waals surface area contributed by atoms with Gasteiger partial charge in [0.1, 0.15) is 6.04 Å². The van der Waals surface area contributed by atoms with E-state index in [1.54, 1.807) is 0 Å². The van der Waals surface area contributed by atoms with Gasteiger partial charge < -0.3 is 10.4 Å². The summed E-state index contributed by atoms with van der Waals surface area (Å²) < 4.78 is 25.8. The Morgan fingerprint density at radius 1 is 1.24 bits per heavy atom. The minimum atomic E-state index is -3.32. The van der Waals surface area contributed by atoms with E-state index in [4.69, 9.17) is 0 Å². The Kier molecular flexibility index (Phi) is 5.62. The molecule has 21 heavy (non-hydrogen) atoms. The van der Waals surface area contributed by atoms with Gasteiger partial charge in [-0.25, -0.2) is 8.42 Å². The van der Waals surface area contributed by atoms with Crippen molar-refractivity contribution in [3.8, 4) is 0 Å². The van der Waals surface area contributed by atoms with E-state index in [2.05, 4.69) is 5.32 Å². The molecule has 0 bridgehead atoms. The summed E-state index contributed by atoms with van der Waals surface area (Å²) in [6.45, 7) is 2.28. The predicted molar refractivity (Wildman–Crippen MR) is 80.2 cm³/mol. The minimum Gasteiger partial charge on any atom is -0.393 e. The number of sulfonamides is 1. The summed E-state index contributed by atoms with van der Waals surface area (Å²) in [5, 5.41) is 12.4. The van der Waals surface area contributed by atoms with Crippen LogP contribution < -0.4 is 5.32 Å². The first-order valence-corrected chi connectivity index (χ1v) is 9.53. The zero-order valence-electron chi connectivity index (χ0n) is 12.6. The number of carbonyl (C=O) groups is 1. The van der Waals surface area contributed by atoms with Crippen LogP contribution in [0.2, 0.25) is 0 Å². The Hall–Kier alpha value is -0.660. The van der Waals surface area contributed by atoms with Crippen LogP contribution in [0.5, 0.6) is 0 Å². The van der Waals surface area contributed by atoms with Crippen LogP contribution in [0.15, 0.2) is 0 Å². The zero-order valence-corrected chi connectivity index (χ0v) is 13.4. The van der Waals surface area contributed by atoms with Crippen molar-refractivity contribution in [1.82, 2.24) is 9.62 Å². The number of nitrogens with zero attached hydrogens (tertiary/aromatic N) is 1. The molecule has 0 radical (unpaired) electrons. The maximum atomic E-state index is 12.4. The van der Waals surface area contributed by atoms with Gasteiger partial charge >= 0.3 is 0 Å². The minimum absolute atomic E-state index is 0.0669. The molecule has 0 aromatic heterocycles. The van der Waals surface area contributed by atoms with E-state index in [1.165, 1.54) is 4.31 Å². The van der Waals surface area contributed by atoms with E-state index in [-0.39, 0.29) is 23.8 Å². The monoisotopic (exact) mass is 318 g/mol. The molecule has 2 aliphatic rings. The van der Waals surface area contributed by atoms with E-state index in [9.17, 15) is 18.3 Å². The van der Waals surface area contributed by atoms with Crippen molar-refractivity contribution in [3.05, 3.63) is 0 Å². The number of carbonyl (C=O) groups excluding carboxylic acids is 1. The molecule has 1 aliphatic heterocycles. The number of aliphatic hydroxyl groups is 1. The number of nitrogens with one attached hydrogen (secondary N) is 1. The van der Waals surface area contributed by atoms with Gasteiger partial charge in [0.2, 0.25) is 15.9 Å². The summed E-state index contributed by atoms with van der Waals surface area (Å²) in [5.74, 6) is -0.0690. The summed E-state index contributed by atoms with van der Waals surface area (Å²) in [4.78, 5) is 12.4. The van der Waals surface area contributed by atoms with Crippen LogP contribution in [0.1, 0.15) is 51.9 Å². The standard InChI is InChI=1S/C14H26N2O4S/c1-2-10-21(19,20)16-9-3-4-13(16)14(18)15-11-5-7-12(17)8-6-11/h11-13,17H,2-10H2,1H3,(H,15,18). The first kappa shape index (κ1) is 16.7. The lowest BCUT2D eigenvalue weighted by molar-refractivity contribution is -0.125. The van der Waals surface area contributed by atoms with Gasteiger partial charge in [-0.05, 0) is 44.9 Å². The Balaban J connectivity index is 1.95. The van der Waals surface area contributed by atoms with Crippen molar-refractivity contribution < 1.29 is 18.3 Å². The molecule has 1 unspecified atom stereocenters. The van der Waals surface area contributed by atoms with Crippen molar-refractivity contribution >= 4 is 15.9 Å². The summed E-state index contributed by atoms with van der Waals surface area (Å²) in [6.07, 6.45) is 4.58. The number of rotatable bonds is 5. The number of aliphatic hydroxyl groups excluding tert-OH is 1. The Morgan fingerprint density at radius 3 is 2.52 bits per heavy atom. The molecule has 0 spiro atoms. The van der Waals surface area contributed by atoms with Gasteiger partial charge in [0.25, 0.3) is 0 Å². The number of amides is 1. The van der Waals surface area contributed by atoms with E-state index in [0.717, 1.165) is 19.3 Å². The molecule has 0 aromatic carbocycles. The molecule has 1 amide bonds. The first-order valence-electron chi connectivity index (χ1n) is 7.92. The summed E-state index contributed by atoms with van der Waals surface area (Å²) in [5.41, 5.74) is 0. The van der Waals surface area contributed by atoms with E-state index < -0.39 is 16.1 Å². The average Bonchev–Trinajstić information content (AvgIpc) is 2.91. The lowest BCUT2D eigenvalue weighted by atomic mass is 9.93. The molecule has 2 fully saturated rings. The van der Waals surface area contributed by atoms with Crippen LogP contribution >= 0.6 is 0 Å². The molecule has 1 saturated heterocycles. The maximum absolute atomic E-state index is 12.4. The van der Waals surface area contributed by atoms with Gasteiger partial charge in [-0.1, -0.05) is 6.92 Å². The van der Waals surface area contributed by atoms with Crippen LogP contribution in [0.4, 0.5) is 0 Å². The third-order valence-electron chi connectivity index (χ3n) is 4.37. The highest BCUT2D eigenvalue weighted by atomic mass is 32.2. The van der Waals surface area contributed by atoms with Crippen LogP contribution in [-0.4, -0.2) is 54.2 Å². The second kappa shape index (κ2) is 7.07. The van der Waals surface area contributed by atoms with Crippen molar-refractivity contribution in [1.29, 1.82) is 0 Å². The Labute approximate surface area is 126 Å². The molecule has 6 nitrogen and oxygen atoms in total. The van der Waals surface area contributed by atoms with Crippen LogP contribution in [0.3, 0.4) is 0 Å². The van der Waals surface area contributed by atoms with Crippen molar-refractivity contribution in [2.45, 2.75) is 70.1 Å². The molecule has 2 rings (SSSR count). The quantitative estimate of drug-likeness (QED) is 0.777. The molecule has 1 aliphatic carbocycles. The van der Waals surface area contributed by atoms with Crippen LogP contribution in [-0.2, 0) is 14.8 Å². The van der Waals surface area contributed by atoms with E-state index >= 15 is 0 Å². The summed E-state index contributed by atoms with van der Waals surface area (Å²) in [6, 6.07) is -0.481. The van der Waals surface area contributed by atoms with Crippen molar-refractivity contribution in [3.63, 3.8) is 0 Å². The Bertz CT molecular complexity index is 458. The molecule has 122 valence electrons. The summed E-state index contributed by atoms with van der Waals surface area (Å²) >= 11 is 0. The van der Waals surface area contributed by atoms with Gasteiger partial charge in [0.15, 0.2) is 0 Å². The van der Waals surface area contributed by atoms with Gasteiger partial charge in [0, 0.05) is 12.6 Å². The van der Waals surface area contributed by atoms with Gasteiger partial charge in [-0.3, -0.25) is 4.79 Å². The molecule has 1 heterocycles. The topological polar surface area (TPSA) is 86.7 Å². The van der Waals surface area contributed by atoms with Crippen molar-refractivity contribution in [2.24, 2.45) is 0 Å². The smallest absolute Gasteiger partial charge is 0.238 e. The summed E-state index contributed by atoms with van der Waals surface area (Å²) in [7, 11) is -3.32. The van der Waals surface area contributed by atoms with Crippen molar-refractivity contribution in [2.75, 3.05) is 12.3 Å². The highest BCUT2D eigenvalue weighted by Gasteiger charge is 2.38. The van der Waals surface area contributed by atoms with E-state index in [0.29, 0.717) is 32.2 Å². The Morgan fingerprint density at radius 2 is 1.90 bits per heavy atom. The lowest BCUT2D eigenvalue weighted by Gasteiger charge is -2.29. The fraction of sp³-hybridized carbons (Fsp3) is 0.929. The molecule has 7 heteroatoms. The number of hydrogen-bond acceptors (Lipinski definition) is 4. The average molecular weight is 318 g/mol. The van der Waals surface area contributed by atoms with E-state index in [1.807, 2.05) is 6.92 Å². The fourth-order valence-electron chi connectivity index (χ4n) is 3.23. The third-order valence-corrected chi connectivity index (χ3v) is 6.44. The van der Waals surface area contributed by atoms with Crippen LogP contribution in [0, 0.1) is 0 Å². The number of hydrogen-bond donors (Lipinski definition) is 2. The fourth-order valence-corrected chi connectivity index (χ4v) is 4.97. The van der Waals surface area contributed by atoms with Gasteiger partial charge in [-0.2, -0.15) is 4.31 Å². The lowest BCUT2D eigenvalue weighted by Crippen LogP contribution is -2.50. The molecule has 1 atom stereocenters. The normalized spacial score (nSPS) is 31.2.